The SMILES string of the molecule is CCOc1ccc(N2CC(c3nc4ccccc4n3CC(C)CC)CC2=O)cc1. The molecule has 0 spiro atoms. The number of nitrogens with zero attached hydrogens (tertiary/aromatic N) is 3. The molecule has 1 fully saturated rings. The van der Waals surface area contributed by atoms with E-state index in [0.29, 0.717) is 25.5 Å². The minimum absolute atomic E-state index is 0.102. The highest BCUT2D eigenvalue weighted by atomic mass is 16.5. The van der Waals surface area contributed by atoms with Crippen LogP contribution in [0.25, 0.3) is 11.0 Å². The lowest BCUT2D eigenvalue weighted by atomic mass is 10.1. The van der Waals surface area contributed by atoms with E-state index in [4.69, 9.17) is 9.72 Å². The molecule has 0 radical (unpaired) electrons. The second-order valence-corrected chi connectivity index (χ2v) is 7.92. The lowest BCUT2D eigenvalue weighted by Gasteiger charge is -2.19. The van der Waals surface area contributed by atoms with Crippen molar-refractivity contribution >= 4 is 22.6 Å². The van der Waals surface area contributed by atoms with E-state index < -0.39 is 0 Å². The second kappa shape index (κ2) is 8.27. The first kappa shape index (κ1) is 19.5. The van der Waals surface area contributed by atoms with Crippen LogP contribution in [0.2, 0.25) is 0 Å². The fourth-order valence-electron chi connectivity index (χ4n) is 4.06. The molecular weight excluding hydrogens is 362 g/mol. The summed E-state index contributed by atoms with van der Waals surface area (Å²) < 4.78 is 7.86. The molecule has 29 heavy (non-hydrogen) atoms. The van der Waals surface area contributed by atoms with Crippen LogP contribution in [0.3, 0.4) is 0 Å². The first-order chi connectivity index (χ1) is 14.1. The molecule has 152 valence electrons. The normalized spacial score (nSPS) is 17.8. The van der Waals surface area contributed by atoms with Crippen molar-refractivity contribution < 1.29 is 9.53 Å². The molecule has 5 heteroatoms. The number of aromatic nitrogens is 2. The number of imidazole rings is 1. The summed E-state index contributed by atoms with van der Waals surface area (Å²) in [6.07, 6.45) is 1.62. The van der Waals surface area contributed by atoms with Gasteiger partial charge in [-0.1, -0.05) is 32.4 Å². The molecule has 2 unspecified atom stereocenters. The maximum atomic E-state index is 12.8. The number of anilines is 1. The fourth-order valence-corrected chi connectivity index (χ4v) is 4.06. The summed E-state index contributed by atoms with van der Waals surface area (Å²) in [5, 5.41) is 0. The third-order valence-corrected chi connectivity index (χ3v) is 5.82. The van der Waals surface area contributed by atoms with Crippen molar-refractivity contribution in [3.8, 4) is 5.75 Å². The van der Waals surface area contributed by atoms with Gasteiger partial charge in [0, 0.05) is 31.1 Å². The highest BCUT2D eigenvalue weighted by Crippen LogP contribution is 2.34. The summed E-state index contributed by atoms with van der Waals surface area (Å²) in [6, 6.07) is 16.1. The Balaban J connectivity index is 1.63. The number of rotatable bonds is 7. The summed E-state index contributed by atoms with van der Waals surface area (Å²) in [6.45, 7) is 8.68. The van der Waals surface area contributed by atoms with Gasteiger partial charge in [0.1, 0.15) is 11.6 Å². The molecule has 0 saturated carbocycles. The Bertz CT molecular complexity index is 993. The Morgan fingerprint density at radius 1 is 1.14 bits per heavy atom. The average molecular weight is 392 g/mol. The molecule has 1 aromatic heterocycles. The van der Waals surface area contributed by atoms with Crippen molar-refractivity contribution in [3.05, 3.63) is 54.4 Å². The molecule has 1 amide bonds. The lowest BCUT2D eigenvalue weighted by molar-refractivity contribution is -0.117. The van der Waals surface area contributed by atoms with Crippen LogP contribution in [-0.2, 0) is 11.3 Å². The summed E-state index contributed by atoms with van der Waals surface area (Å²) in [5.74, 6) is 2.68. The van der Waals surface area contributed by atoms with Crippen LogP contribution >= 0.6 is 0 Å². The third-order valence-electron chi connectivity index (χ3n) is 5.82. The zero-order chi connectivity index (χ0) is 20.4. The number of ether oxygens (including phenoxy) is 1. The molecular formula is C24H29N3O2. The van der Waals surface area contributed by atoms with E-state index in [1.54, 1.807) is 0 Å². The number of amides is 1. The van der Waals surface area contributed by atoms with Gasteiger partial charge < -0.3 is 14.2 Å². The first-order valence-corrected chi connectivity index (χ1v) is 10.6. The van der Waals surface area contributed by atoms with E-state index in [0.717, 1.165) is 41.3 Å². The minimum Gasteiger partial charge on any atom is -0.494 e. The van der Waals surface area contributed by atoms with Crippen molar-refractivity contribution in [2.24, 2.45) is 5.92 Å². The zero-order valence-electron chi connectivity index (χ0n) is 17.5. The van der Waals surface area contributed by atoms with Crippen LogP contribution in [0.4, 0.5) is 5.69 Å². The standard InChI is InChI=1S/C24H29N3O2/c1-4-17(3)15-27-22-9-7-6-8-21(22)25-24(27)18-14-23(28)26(16-18)19-10-12-20(13-11-19)29-5-2/h6-13,17-18H,4-5,14-16H2,1-3H3. The molecule has 4 rings (SSSR count). The average Bonchev–Trinajstić information content (AvgIpc) is 3.29. The smallest absolute Gasteiger partial charge is 0.227 e. The fraction of sp³-hybridized carbons (Fsp3) is 0.417. The number of para-hydroxylation sites is 2. The summed E-state index contributed by atoms with van der Waals surface area (Å²) in [5.41, 5.74) is 3.10. The van der Waals surface area contributed by atoms with Gasteiger partial charge >= 0.3 is 0 Å². The molecule has 0 bridgehead atoms. The molecule has 5 nitrogen and oxygen atoms in total. The van der Waals surface area contributed by atoms with Gasteiger partial charge in [-0.15, -0.1) is 0 Å². The number of carbonyl (C=O) groups excluding carboxylic acids is 1. The maximum absolute atomic E-state index is 12.8. The van der Waals surface area contributed by atoms with Crippen LogP contribution in [-0.4, -0.2) is 28.6 Å². The van der Waals surface area contributed by atoms with Crippen molar-refractivity contribution in [1.29, 1.82) is 0 Å². The van der Waals surface area contributed by atoms with Gasteiger partial charge in [0.2, 0.25) is 5.91 Å². The number of benzene rings is 2. The number of hydrogen-bond donors (Lipinski definition) is 0. The van der Waals surface area contributed by atoms with Crippen LogP contribution in [0.5, 0.6) is 5.75 Å². The Morgan fingerprint density at radius 3 is 2.62 bits per heavy atom. The van der Waals surface area contributed by atoms with Crippen molar-refractivity contribution in [2.45, 2.75) is 46.1 Å². The molecule has 3 aromatic rings. The van der Waals surface area contributed by atoms with Crippen LogP contribution in [0, 0.1) is 5.92 Å². The van der Waals surface area contributed by atoms with E-state index in [1.165, 1.54) is 0 Å². The molecule has 1 aliphatic heterocycles. The topological polar surface area (TPSA) is 47.4 Å². The van der Waals surface area contributed by atoms with Crippen molar-refractivity contribution in [1.82, 2.24) is 9.55 Å². The number of carbonyl (C=O) groups is 1. The van der Waals surface area contributed by atoms with E-state index in [2.05, 4.69) is 36.6 Å². The zero-order valence-corrected chi connectivity index (χ0v) is 17.5. The van der Waals surface area contributed by atoms with Crippen LogP contribution in [0.1, 0.15) is 45.4 Å². The Morgan fingerprint density at radius 2 is 1.90 bits per heavy atom. The maximum Gasteiger partial charge on any atom is 0.227 e. The van der Waals surface area contributed by atoms with Gasteiger partial charge in [-0.25, -0.2) is 4.98 Å². The Hall–Kier alpha value is -2.82. The minimum atomic E-state index is 0.102. The van der Waals surface area contributed by atoms with Crippen LogP contribution in [0.15, 0.2) is 48.5 Å². The summed E-state index contributed by atoms with van der Waals surface area (Å²) in [7, 11) is 0. The van der Waals surface area contributed by atoms with Gasteiger partial charge in [-0.3, -0.25) is 4.79 Å². The van der Waals surface area contributed by atoms with E-state index in [1.807, 2.05) is 42.2 Å². The lowest BCUT2D eigenvalue weighted by Crippen LogP contribution is -2.24. The molecule has 2 atom stereocenters. The monoisotopic (exact) mass is 391 g/mol. The highest BCUT2D eigenvalue weighted by Gasteiger charge is 2.35. The molecule has 2 aromatic carbocycles. The third kappa shape index (κ3) is 3.86. The van der Waals surface area contributed by atoms with E-state index in [9.17, 15) is 4.79 Å². The Kier molecular flexibility index (Phi) is 5.56. The van der Waals surface area contributed by atoms with Gasteiger partial charge in [0.25, 0.3) is 0 Å². The van der Waals surface area contributed by atoms with Gasteiger partial charge in [-0.2, -0.15) is 0 Å². The molecule has 2 heterocycles. The van der Waals surface area contributed by atoms with Gasteiger partial charge in [-0.05, 0) is 49.2 Å². The first-order valence-electron chi connectivity index (χ1n) is 10.6. The number of fused-ring (bicyclic) bond motifs is 1. The molecule has 0 N–H and O–H groups in total. The molecule has 1 aliphatic rings. The second-order valence-electron chi connectivity index (χ2n) is 7.92. The van der Waals surface area contributed by atoms with Crippen LogP contribution < -0.4 is 9.64 Å². The van der Waals surface area contributed by atoms with Crippen molar-refractivity contribution in [2.75, 3.05) is 18.1 Å². The molecule has 0 aliphatic carbocycles. The highest BCUT2D eigenvalue weighted by molar-refractivity contribution is 5.96. The van der Waals surface area contributed by atoms with Crippen molar-refractivity contribution in [3.63, 3.8) is 0 Å². The van der Waals surface area contributed by atoms with Gasteiger partial charge in [0.15, 0.2) is 0 Å². The molecule has 1 saturated heterocycles. The van der Waals surface area contributed by atoms with Gasteiger partial charge in [0.05, 0.1) is 17.6 Å². The Labute approximate surface area is 172 Å². The van der Waals surface area contributed by atoms with E-state index >= 15 is 0 Å². The largest absolute Gasteiger partial charge is 0.494 e. The predicted octanol–water partition coefficient (Wildman–Crippen LogP) is 5.00. The van der Waals surface area contributed by atoms with E-state index in [-0.39, 0.29) is 11.8 Å². The predicted molar refractivity (Wildman–Crippen MR) is 117 cm³/mol. The number of hydrogen-bond acceptors (Lipinski definition) is 3. The summed E-state index contributed by atoms with van der Waals surface area (Å²) >= 11 is 0. The quantitative estimate of drug-likeness (QED) is 0.569. The summed E-state index contributed by atoms with van der Waals surface area (Å²) in [4.78, 5) is 19.7.